The first-order valence-electron chi connectivity index (χ1n) is 11.2. The first-order valence-corrected chi connectivity index (χ1v) is 12.6. The zero-order valence-electron chi connectivity index (χ0n) is 19.8. The van der Waals surface area contributed by atoms with E-state index in [4.69, 9.17) is 4.55 Å². The van der Waals surface area contributed by atoms with E-state index in [-0.39, 0.29) is 27.4 Å². The van der Waals surface area contributed by atoms with E-state index >= 15 is 0 Å². The molecule has 0 bridgehead atoms. The number of benzene rings is 3. The first-order chi connectivity index (χ1) is 19.0. The van der Waals surface area contributed by atoms with Gasteiger partial charge < -0.3 is 4.98 Å². The lowest BCUT2D eigenvalue weighted by Crippen LogP contribution is -2.20. The third-order valence-electron chi connectivity index (χ3n) is 5.68. The number of halogens is 3. The van der Waals surface area contributed by atoms with Gasteiger partial charge in [0.15, 0.2) is 5.69 Å². The van der Waals surface area contributed by atoms with Crippen LogP contribution < -0.4 is 5.56 Å². The minimum absolute atomic E-state index is 0.0894. The highest BCUT2D eigenvalue weighted by Gasteiger charge is 2.40. The SMILES string of the molecule is N#Cc1c(C(F)(F)F)c(N=Nc2ccc(N=Nc3ccc(S(=O)(=O)O)cc3)cc2)c(=O)n2c1[nH]c1ccccc12. The van der Waals surface area contributed by atoms with Crippen molar-refractivity contribution in [3.8, 4) is 6.07 Å². The van der Waals surface area contributed by atoms with E-state index in [0.29, 0.717) is 11.2 Å². The van der Waals surface area contributed by atoms with Gasteiger partial charge in [0.2, 0.25) is 0 Å². The van der Waals surface area contributed by atoms with Crippen LogP contribution in [0.5, 0.6) is 0 Å². The quantitative estimate of drug-likeness (QED) is 0.177. The molecule has 5 aromatic rings. The lowest BCUT2D eigenvalue weighted by molar-refractivity contribution is -0.137. The molecule has 11 nitrogen and oxygen atoms in total. The number of imidazole rings is 1. The Labute approximate surface area is 222 Å². The number of pyridine rings is 1. The monoisotopic (exact) mass is 565 g/mol. The summed E-state index contributed by atoms with van der Waals surface area (Å²) in [6.07, 6.45) is -5.07. The molecule has 0 fully saturated rings. The Balaban J connectivity index is 1.50. The number of azo groups is 2. The lowest BCUT2D eigenvalue weighted by atomic mass is 10.1. The molecule has 2 aromatic heterocycles. The lowest BCUT2D eigenvalue weighted by Gasteiger charge is -2.12. The van der Waals surface area contributed by atoms with Gasteiger partial charge in [-0.25, -0.2) is 0 Å². The van der Waals surface area contributed by atoms with E-state index in [9.17, 15) is 31.6 Å². The third kappa shape index (κ3) is 4.96. The van der Waals surface area contributed by atoms with Crippen LogP contribution in [-0.4, -0.2) is 22.4 Å². The molecule has 0 radical (unpaired) electrons. The maximum absolute atomic E-state index is 14.1. The molecule has 2 heterocycles. The second-order valence-corrected chi connectivity index (χ2v) is 9.65. The summed E-state index contributed by atoms with van der Waals surface area (Å²) in [5, 5.41) is 24.9. The van der Waals surface area contributed by atoms with Gasteiger partial charge >= 0.3 is 6.18 Å². The molecule has 0 aliphatic carbocycles. The zero-order chi connectivity index (χ0) is 28.7. The Bertz CT molecular complexity index is 2040. The number of hydrogen-bond acceptors (Lipinski definition) is 8. The Morgan fingerprint density at radius 1 is 0.850 bits per heavy atom. The summed E-state index contributed by atoms with van der Waals surface area (Å²) in [6, 6.07) is 18.4. The molecule has 0 amide bonds. The van der Waals surface area contributed by atoms with Crippen molar-refractivity contribution in [2.75, 3.05) is 0 Å². The molecular weight excluding hydrogens is 551 g/mol. The molecule has 0 unspecified atom stereocenters. The summed E-state index contributed by atoms with van der Waals surface area (Å²) in [7, 11) is -4.34. The summed E-state index contributed by atoms with van der Waals surface area (Å²) in [5.74, 6) is 0. The highest BCUT2D eigenvalue weighted by Crippen LogP contribution is 2.39. The Kier molecular flexibility index (Phi) is 6.49. The number of alkyl halides is 3. The molecule has 0 spiro atoms. The average molecular weight is 565 g/mol. The van der Waals surface area contributed by atoms with Crippen LogP contribution in [0.15, 0.2) is 103 Å². The van der Waals surface area contributed by atoms with Crippen LogP contribution in [0.25, 0.3) is 16.7 Å². The van der Waals surface area contributed by atoms with Gasteiger partial charge in [0.25, 0.3) is 15.7 Å². The zero-order valence-corrected chi connectivity index (χ0v) is 20.6. The highest BCUT2D eigenvalue weighted by molar-refractivity contribution is 7.85. The van der Waals surface area contributed by atoms with Gasteiger partial charge in [-0.15, -0.1) is 5.11 Å². The van der Waals surface area contributed by atoms with Gasteiger partial charge in [0.05, 0.1) is 33.0 Å². The number of nitriles is 1. The molecule has 0 saturated carbocycles. The Morgan fingerprint density at radius 3 is 1.90 bits per heavy atom. The molecule has 3 aromatic carbocycles. The molecule has 40 heavy (non-hydrogen) atoms. The van der Waals surface area contributed by atoms with E-state index in [2.05, 4.69) is 25.4 Å². The summed E-state index contributed by atoms with van der Waals surface area (Å²) < 4.78 is 74.4. The van der Waals surface area contributed by atoms with E-state index in [1.165, 1.54) is 48.5 Å². The maximum Gasteiger partial charge on any atom is 0.420 e. The molecule has 0 saturated heterocycles. The second-order valence-electron chi connectivity index (χ2n) is 8.22. The van der Waals surface area contributed by atoms with E-state index < -0.39 is 38.7 Å². The topological polar surface area (TPSA) is 165 Å². The molecule has 0 aliphatic rings. The van der Waals surface area contributed by atoms with Crippen molar-refractivity contribution in [3.05, 3.63) is 94.3 Å². The predicted octanol–water partition coefficient (Wildman–Crippen LogP) is 6.75. The molecule has 15 heteroatoms. The minimum atomic E-state index is -5.07. The summed E-state index contributed by atoms with van der Waals surface area (Å²) in [5.41, 5.74) is -3.41. The standard InChI is InChI=1S/C25H14F3N7O4S/c26-25(27,28)21-18(13-29)23-30-19-3-1-2-4-20(19)35(23)24(36)22(21)34-33-15-7-5-14(6-8-15)31-32-16-9-11-17(12-10-16)40(37,38)39/h1-12,30H,(H,37,38,39). The molecule has 200 valence electrons. The van der Waals surface area contributed by atoms with Crippen molar-refractivity contribution in [2.45, 2.75) is 11.1 Å². The van der Waals surface area contributed by atoms with Gasteiger partial charge in [-0.3, -0.25) is 13.7 Å². The van der Waals surface area contributed by atoms with Gasteiger partial charge in [-0.05, 0) is 60.7 Å². The van der Waals surface area contributed by atoms with Gasteiger partial charge in [0.1, 0.15) is 22.8 Å². The second kappa shape index (κ2) is 9.84. The molecule has 0 aliphatic heterocycles. The summed E-state index contributed by atoms with van der Waals surface area (Å²) >= 11 is 0. The molecule has 5 rings (SSSR count). The number of H-pyrrole nitrogens is 1. The van der Waals surface area contributed by atoms with Crippen LogP contribution in [0.4, 0.5) is 35.9 Å². The number of hydrogen-bond donors (Lipinski definition) is 2. The molecule has 0 atom stereocenters. The summed E-state index contributed by atoms with van der Waals surface area (Å²) in [6.45, 7) is 0. The van der Waals surface area contributed by atoms with Crippen LogP contribution in [0, 0.1) is 11.3 Å². The molecule has 2 N–H and O–H groups in total. The van der Waals surface area contributed by atoms with Crippen molar-refractivity contribution in [3.63, 3.8) is 0 Å². The molecular formula is C25H14F3N7O4S. The summed E-state index contributed by atoms with van der Waals surface area (Å²) in [4.78, 5) is 15.6. The van der Waals surface area contributed by atoms with Crippen molar-refractivity contribution >= 4 is 49.5 Å². The van der Waals surface area contributed by atoms with Crippen molar-refractivity contribution in [1.82, 2.24) is 9.38 Å². The van der Waals surface area contributed by atoms with E-state index in [1.54, 1.807) is 18.2 Å². The van der Waals surface area contributed by atoms with Gasteiger partial charge in [-0.1, -0.05) is 12.1 Å². The van der Waals surface area contributed by atoms with Crippen LogP contribution in [0.2, 0.25) is 0 Å². The maximum atomic E-state index is 14.1. The fourth-order valence-electron chi connectivity index (χ4n) is 3.88. The van der Waals surface area contributed by atoms with E-state index in [1.807, 2.05) is 0 Å². The minimum Gasteiger partial charge on any atom is -0.338 e. The van der Waals surface area contributed by atoms with Crippen molar-refractivity contribution in [2.24, 2.45) is 20.5 Å². The Morgan fingerprint density at radius 2 is 1.38 bits per heavy atom. The number of nitrogens with zero attached hydrogens (tertiary/aromatic N) is 6. The number of fused-ring (bicyclic) bond motifs is 3. The van der Waals surface area contributed by atoms with E-state index in [0.717, 1.165) is 16.5 Å². The first kappa shape index (κ1) is 26.4. The predicted molar refractivity (Wildman–Crippen MR) is 136 cm³/mol. The number of aromatic amines is 1. The normalized spacial score (nSPS) is 12.6. The fourth-order valence-corrected chi connectivity index (χ4v) is 4.36. The number of para-hydroxylation sites is 2. The van der Waals surface area contributed by atoms with Gasteiger partial charge in [-0.2, -0.15) is 42.2 Å². The number of aromatic nitrogens is 2. The number of nitrogens with one attached hydrogen (secondary N) is 1. The third-order valence-corrected chi connectivity index (χ3v) is 6.54. The van der Waals surface area contributed by atoms with Crippen LogP contribution in [0.3, 0.4) is 0 Å². The number of rotatable bonds is 5. The average Bonchev–Trinajstić information content (AvgIpc) is 3.31. The van der Waals surface area contributed by atoms with Crippen molar-refractivity contribution in [1.29, 1.82) is 5.26 Å². The van der Waals surface area contributed by atoms with Crippen LogP contribution in [0.1, 0.15) is 11.1 Å². The highest BCUT2D eigenvalue weighted by atomic mass is 32.2. The van der Waals surface area contributed by atoms with Gasteiger partial charge in [0, 0.05) is 0 Å². The largest absolute Gasteiger partial charge is 0.420 e. The Hall–Kier alpha value is -5.20. The fraction of sp³-hybridized carbons (Fsp3) is 0.0400. The smallest absolute Gasteiger partial charge is 0.338 e. The van der Waals surface area contributed by atoms with Crippen molar-refractivity contribution < 1.29 is 26.1 Å². The van der Waals surface area contributed by atoms with Crippen LogP contribution in [-0.2, 0) is 16.3 Å². The van der Waals surface area contributed by atoms with Crippen LogP contribution >= 0.6 is 0 Å².